The highest BCUT2D eigenvalue weighted by atomic mass is 32.2. The molecule has 1 heterocycles. The Labute approximate surface area is 112 Å². The second-order valence-corrected chi connectivity index (χ2v) is 7.61. The Morgan fingerprint density at radius 1 is 1.56 bits per heavy atom. The standard InChI is InChI=1S/C10H19N3O3S2/c1-10(2,4-5-16-3)7-13-9-12-6-8(17-9)18(11,14)15/h6H,4-5,7H2,1-3H3,(H,12,13)(H2,11,14,15). The quantitative estimate of drug-likeness (QED) is 0.789. The summed E-state index contributed by atoms with van der Waals surface area (Å²) in [5, 5.41) is 8.69. The first-order valence-corrected chi connectivity index (χ1v) is 7.82. The first-order chi connectivity index (χ1) is 8.24. The minimum Gasteiger partial charge on any atom is -0.385 e. The van der Waals surface area contributed by atoms with Gasteiger partial charge in [-0.05, 0) is 11.8 Å². The van der Waals surface area contributed by atoms with Crippen molar-refractivity contribution in [3.8, 4) is 0 Å². The Bertz CT molecular complexity index is 482. The van der Waals surface area contributed by atoms with Crippen LogP contribution in [0.2, 0.25) is 0 Å². The molecule has 0 unspecified atom stereocenters. The lowest BCUT2D eigenvalue weighted by molar-refractivity contribution is 0.157. The van der Waals surface area contributed by atoms with Crippen LogP contribution >= 0.6 is 11.3 Å². The van der Waals surface area contributed by atoms with Gasteiger partial charge in [0, 0.05) is 20.3 Å². The third-order valence-electron chi connectivity index (χ3n) is 2.47. The van der Waals surface area contributed by atoms with E-state index in [-0.39, 0.29) is 9.62 Å². The van der Waals surface area contributed by atoms with Gasteiger partial charge in [0.05, 0.1) is 6.20 Å². The molecule has 104 valence electrons. The Morgan fingerprint density at radius 3 is 2.72 bits per heavy atom. The number of thiazole rings is 1. The summed E-state index contributed by atoms with van der Waals surface area (Å²) >= 11 is 1.04. The van der Waals surface area contributed by atoms with Crippen LogP contribution in [-0.2, 0) is 14.8 Å². The van der Waals surface area contributed by atoms with Gasteiger partial charge in [-0.1, -0.05) is 25.2 Å². The summed E-state index contributed by atoms with van der Waals surface area (Å²) in [5.41, 5.74) is 0.0451. The second kappa shape index (κ2) is 5.96. The lowest BCUT2D eigenvalue weighted by Crippen LogP contribution is -2.24. The van der Waals surface area contributed by atoms with Gasteiger partial charge in [0.1, 0.15) is 0 Å². The number of methoxy groups -OCH3 is 1. The number of nitrogens with one attached hydrogen (secondary N) is 1. The van der Waals surface area contributed by atoms with Gasteiger partial charge in [-0.25, -0.2) is 18.5 Å². The largest absolute Gasteiger partial charge is 0.385 e. The predicted octanol–water partition coefficient (Wildman–Crippen LogP) is 1.27. The fourth-order valence-corrected chi connectivity index (χ4v) is 2.70. The van der Waals surface area contributed by atoms with Crippen LogP contribution in [0.4, 0.5) is 5.13 Å². The summed E-state index contributed by atoms with van der Waals surface area (Å²) < 4.78 is 27.3. The van der Waals surface area contributed by atoms with Crippen LogP contribution in [0.5, 0.6) is 0 Å². The second-order valence-electron chi connectivity index (χ2n) is 4.79. The van der Waals surface area contributed by atoms with E-state index in [1.165, 1.54) is 6.20 Å². The zero-order chi connectivity index (χ0) is 13.8. The van der Waals surface area contributed by atoms with Crippen molar-refractivity contribution >= 4 is 26.5 Å². The Morgan fingerprint density at radius 2 is 2.22 bits per heavy atom. The molecular formula is C10H19N3O3S2. The molecule has 0 aliphatic rings. The first-order valence-electron chi connectivity index (χ1n) is 5.46. The number of nitrogens with two attached hydrogens (primary N) is 1. The van der Waals surface area contributed by atoms with Crippen LogP contribution < -0.4 is 10.5 Å². The minimum absolute atomic E-state index is 0.0451. The van der Waals surface area contributed by atoms with Crippen molar-refractivity contribution in [1.82, 2.24) is 4.98 Å². The molecule has 1 aromatic rings. The third-order valence-corrected chi connectivity index (χ3v) is 4.83. The van der Waals surface area contributed by atoms with Gasteiger partial charge in [0.25, 0.3) is 0 Å². The van der Waals surface area contributed by atoms with Crippen molar-refractivity contribution in [2.24, 2.45) is 10.6 Å². The van der Waals surface area contributed by atoms with E-state index in [1.54, 1.807) is 7.11 Å². The Kier molecular flexibility index (Phi) is 5.09. The molecule has 3 N–H and O–H groups in total. The van der Waals surface area contributed by atoms with E-state index in [4.69, 9.17) is 9.88 Å². The summed E-state index contributed by atoms with van der Waals surface area (Å²) in [6, 6.07) is 0. The fraction of sp³-hybridized carbons (Fsp3) is 0.700. The third kappa shape index (κ3) is 4.89. The van der Waals surface area contributed by atoms with E-state index in [1.807, 2.05) is 0 Å². The molecule has 0 fully saturated rings. The molecular weight excluding hydrogens is 274 g/mol. The number of hydrogen-bond acceptors (Lipinski definition) is 6. The zero-order valence-corrected chi connectivity index (χ0v) is 12.4. The molecule has 0 radical (unpaired) electrons. The van der Waals surface area contributed by atoms with Crippen LogP contribution in [0.1, 0.15) is 20.3 Å². The van der Waals surface area contributed by atoms with Crippen molar-refractivity contribution < 1.29 is 13.2 Å². The average molecular weight is 293 g/mol. The molecule has 0 aromatic carbocycles. The summed E-state index contributed by atoms with van der Waals surface area (Å²) in [4.78, 5) is 3.98. The zero-order valence-electron chi connectivity index (χ0n) is 10.8. The molecule has 0 spiro atoms. The number of sulfonamides is 1. The maximum absolute atomic E-state index is 11.1. The first kappa shape index (κ1) is 15.4. The van der Waals surface area contributed by atoms with Crippen LogP contribution in [0.15, 0.2) is 10.4 Å². The van der Waals surface area contributed by atoms with E-state index in [0.717, 1.165) is 17.8 Å². The van der Waals surface area contributed by atoms with Crippen molar-refractivity contribution in [2.45, 2.75) is 24.5 Å². The molecule has 0 aliphatic carbocycles. The maximum atomic E-state index is 11.1. The normalized spacial score (nSPS) is 12.7. The van der Waals surface area contributed by atoms with Gasteiger partial charge in [-0.15, -0.1) is 0 Å². The number of primary sulfonamides is 1. The fourth-order valence-electron chi connectivity index (χ4n) is 1.25. The molecule has 0 saturated carbocycles. The Hall–Kier alpha value is -0.700. The Balaban J connectivity index is 2.56. The van der Waals surface area contributed by atoms with E-state index in [2.05, 4.69) is 24.1 Å². The summed E-state index contributed by atoms with van der Waals surface area (Å²) in [7, 11) is -1.98. The molecule has 0 atom stereocenters. The molecule has 0 saturated heterocycles. The molecule has 1 aromatic heterocycles. The van der Waals surface area contributed by atoms with Gasteiger partial charge in [-0.3, -0.25) is 0 Å². The van der Waals surface area contributed by atoms with Gasteiger partial charge in [0.2, 0.25) is 10.0 Å². The number of ether oxygens (including phenoxy) is 1. The van der Waals surface area contributed by atoms with Crippen LogP contribution in [0.25, 0.3) is 0 Å². The summed E-state index contributed by atoms with van der Waals surface area (Å²) in [6.45, 7) is 5.59. The van der Waals surface area contributed by atoms with Crippen LogP contribution in [0.3, 0.4) is 0 Å². The van der Waals surface area contributed by atoms with Crippen LogP contribution in [-0.4, -0.2) is 33.7 Å². The molecule has 18 heavy (non-hydrogen) atoms. The number of anilines is 1. The van der Waals surface area contributed by atoms with E-state index >= 15 is 0 Å². The highest BCUT2D eigenvalue weighted by molar-refractivity contribution is 7.91. The number of hydrogen-bond donors (Lipinski definition) is 2. The molecule has 0 amide bonds. The van der Waals surface area contributed by atoms with Gasteiger partial charge in [0.15, 0.2) is 9.34 Å². The van der Waals surface area contributed by atoms with Gasteiger partial charge >= 0.3 is 0 Å². The number of rotatable bonds is 7. The molecule has 6 nitrogen and oxygen atoms in total. The summed E-state index contributed by atoms with van der Waals surface area (Å²) in [6.07, 6.45) is 2.18. The number of aromatic nitrogens is 1. The van der Waals surface area contributed by atoms with Gasteiger partial charge in [-0.2, -0.15) is 0 Å². The van der Waals surface area contributed by atoms with Gasteiger partial charge < -0.3 is 10.1 Å². The smallest absolute Gasteiger partial charge is 0.249 e. The summed E-state index contributed by atoms with van der Waals surface area (Å²) in [5.74, 6) is 0. The number of nitrogens with zero attached hydrogens (tertiary/aromatic N) is 1. The van der Waals surface area contributed by atoms with E-state index in [0.29, 0.717) is 18.3 Å². The highest BCUT2D eigenvalue weighted by Gasteiger charge is 2.19. The van der Waals surface area contributed by atoms with E-state index in [9.17, 15) is 8.42 Å². The predicted molar refractivity (Wildman–Crippen MR) is 72.3 cm³/mol. The average Bonchev–Trinajstić information content (AvgIpc) is 2.72. The van der Waals surface area contributed by atoms with Crippen molar-refractivity contribution in [3.05, 3.63) is 6.20 Å². The lowest BCUT2D eigenvalue weighted by Gasteiger charge is -2.24. The van der Waals surface area contributed by atoms with Crippen molar-refractivity contribution in [2.75, 3.05) is 25.6 Å². The minimum atomic E-state index is -3.65. The SMILES string of the molecule is COCCC(C)(C)CNc1ncc(S(N)(=O)=O)s1. The highest BCUT2D eigenvalue weighted by Crippen LogP contribution is 2.25. The van der Waals surface area contributed by atoms with Crippen molar-refractivity contribution in [3.63, 3.8) is 0 Å². The van der Waals surface area contributed by atoms with Crippen molar-refractivity contribution in [1.29, 1.82) is 0 Å². The molecule has 0 aliphatic heterocycles. The monoisotopic (exact) mass is 293 g/mol. The van der Waals surface area contributed by atoms with E-state index < -0.39 is 10.0 Å². The lowest BCUT2D eigenvalue weighted by atomic mass is 9.90. The molecule has 8 heteroatoms. The topological polar surface area (TPSA) is 94.3 Å². The van der Waals surface area contributed by atoms with Crippen LogP contribution in [0, 0.1) is 5.41 Å². The molecule has 1 rings (SSSR count). The molecule has 0 bridgehead atoms. The maximum Gasteiger partial charge on any atom is 0.249 e.